The molecule has 3 rings (SSSR count). The maximum absolute atomic E-state index is 6.35. The van der Waals surface area contributed by atoms with Crippen LogP contribution in [0.15, 0.2) is 48.5 Å². The first-order valence-corrected chi connectivity index (χ1v) is 7.19. The lowest BCUT2D eigenvalue weighted by molar-refractivity contribution is 0.467. The van der Waals surface area contributed by atoms with Crippen LogP contribution in [0.1, 0.15) is 29.0 Å². The average Bonchev–Trinajstić information content (AvgIpc) is 2.43. The average molecular weight is 272 g/mol. The van der Waals surface area contributed by atoms with E-state index in [1.165, 1.54) is 16.7 Å². The van der Waals surface area contributed by atoms with Crippen molar-refractivity contribution in [2.24, 2.45) is 5.73 Å². The van der Waals surface area contributed by atoms with Crippen LogP contribution >= 0.6 is 11.6 Å². The fourth-order valence-corrected chi connectivity index (χ4v) is 3.23. The molecule has 0 spiro atoms. The van der Waals surface area contributed by atoms with Crippen LogP contribution in [0, 0.1) is 0 Å². The van der Waals surface area contributed by atoms with Gasteiger partial charge in [0.15, 0.2) is 0 Å². The van der Waals surface area contributed by atoms with E-state index < -0.39 is 0 Å². The maximum atomic E-state index is 6.35. The number of rotatable bonds is 2. The normalized spacial score (nSPS) is 22.0. The Morgan fingerprint density at radius 3 is 2.68 bits per heavy atom. The summed E-state index contributed by atoms with van der Waals surface area (Å²) in [7, 11) is 0. The molecule has 98 valence electrons. The molecule has 0 radical (unpaired) electrons. The second kappa shape index (κ2) is 5.36. The summed E-state index contributed by atoms with van der Waals surface area (Å²) in [4.78, 5) is 0. The van der Waals surface area contributed by atoms with E-state index in [2.05, 4.69) is 42.5 Å². The molecule has 0 fully saturated rings. The van der Waals surface area contributed by atoms with Crippen molar-refractivity contribution < 1.29 is 0 Å². The molecule has 0 bridgehead atoms. The Morgan fingerprint density at radius 2 is 1.89 bits per heavy atom. The third-order valence-corrected chi connectivity index (χ3v) is 4.30. The molecule has 2 N–H and O–H groups in total. The molecule has 2 unspecified atom stereocenters. The summed E-state index contributed by atoms with van der Waals surface area (Å²) in [6.45, 7) is 0. The molecule has 0 saturated carbocycles. The van der Waals surface area contributed by atoms with Crippen molar-refractivity contribution in [2.45, 2.75) is 31.2 Å². The van der Waals surface area contributed by atoms with Gasteiger partial charge in [-0.1, -0.05) is 48.0 Å². The smallest absolute Gasteiger partial charge is 0.0408 e. The summed E-state index contributed by atoms with van der Waals surface area (Å²) in [5.74, 6) is 0.406. The van der Waals surface area contributed by atoms with E-state index in [0.29, 0.717) is 5.92 Å². The Labute approximate surface area is 119 Å². The minimum atomic E-state index is 0.244. The van der Waals surface area contributed by atoms with Gasteiger partial charge in [0, 0.05) is 17.0 Å². The van der Waals surface area contributed by atoms with Crippen LogP contribution in [-0.2, 0) is 12.8 Å². The van der Waals surface area contributed by atoms with Gasteiger partial charge in [0.2, 0.25) is 0 Å². The minimum Gasteiger partial charge on any atom is -0.327 e. The topological polar surface area (TPSA) is 26.0 Å². The zero-order chi connectivity index (χ0) is 13.2. The van der Waals surface area contributed by atoms with Crippen molar-refractivity contribution in [3.8, 4) is 0 Å². The second-order valence-corrected chi connectivity index (χ2v) is 5.78. The van der Waals surface area contributed by atoms with Crippen LogP contribution in [0.2, 0.25) is 5.02 Å². The highest BCUT2D eigenvalue weighted by Crippen LogP contribution is 2.34. The molecule has 2 aromatic rings. The molecular formula is C17H18ClN. The summed E-state index contributed by atoms with van der Waals surface area (Å²) in [5.41, 5.74) is 10.5. The van der Waals surface area contributed by atoms with Gasteiger partial charge in [-0.3, -0.25) is 0 Å². The van der Waals surface area contributed by atoms with E-state index in [0.717, 1.165) is 24.3 Å². The summed E-state index contributed by atoms with van der Waals surface area (Å²) in [6, 6.07) is 17.1. The molecule has 2 atom stereocenters. The van der Waals surface area contributed by atoms with E-state index in [9.17, 15) is 0 Å². The van der Waals surface area contributed by atoms with Crippen LogP contribution in [-0.4, -0.2) is 6.04 Å². The van der Waals surface area contributed by atoms with Crippen molar-refractivity contribution in [1.29, 1.82) is 0 Å². The van der Waals surface area contributed by atoms with Gasteiger partial charge in [0.05, 0.1) is 0 Å². The number of nitrogens with two attached hydrogens (primary N) is 1. The van der Waals surface area contributed by atoms with Gasteiger partial charge in [0.1, 0.15) is 0 Å². The SMILES string of the molecule is NC1CCc2cc(Cl)ccc2C1Cc1ccccc1. The largest absolute Gasteiger partial charge is 0.327 e. The monoisotopic (exact) mass is 271 g/mol. The summed E-state index contributed by atoms with van der Waals surface area (Å²) in [6.07, 6.45) is 3.10. The highest BCUT2D eigenvalue weighted by atomic mass is 35.5. The zero-order valence-electron chi connectivity index (χ0n) is 10.9. The number of hydrogen-bond acceptors (Lipinski definition) is 1. The van der Waals surface area contributed by atoms with Crippen molar-refractivity contribution in [1.82, 2.24) is 0 Å². The number of benzene rings is 2. The second-order valence-electron chi connectivity index (χ2n) is 5.34. The third-order valence-electron chi connectivity index (χ3n) is 4.07. The minimum absolute atomic E-state index is 0.244. The lowest BCUT2D eigenvalue weighted by Crippen LogP contribution is -2.34. The van der Waals surface area contributed by atoms with Crippen LogP contribution < -0.4 is 5.73 Å². The van der Waals surface area contributed by atoms with E-state index in [1.54, 1.807) is 0 Å². The molecule has 0 heterocycles. The van der Waals surface area contributed by atoms with Crippen LogP contribution in [0.4, 0.5) is 0 Å². The third kappa shape index (κ3) is 2.68. The highest BCUT2D eigenvalue weighted by Gasteiger charge is 2.27. The van der Waals surface area contributed by atoms with Crippen molar-refractivity contribution in [3.05, 3.63) is 70.2 Å². The highest BCUT2D eigenvalue weighted by molar-refractivity contribution is 6.30. The first-order valence-electron chi connectivity index (χ1n) is 6.82. The lowest BCUT2D eigenvalue weighted by atomic mass is 9.76. The quantitative estimate of drug-likeness (QED) is 0.880. The van der Waals surface area contributed by atoms with Gasteiger partial charge in [-0.05, 0) is 48.1 Å². The molecule has 0 aliphatic heterocycles. The Balaban J connectivity index is 1.93. The molecule has 1 aliphatic carbocycles. The Bertz CT molecular complexity index is 565. The predicted molar refractivity (Wildman–Crippen MR) is 80.6 cm³/mol. The van der Waals surface area contributed by atoms with Gasteiger partial charge in [0.25, 0.3) is 0 Å². The van der Waals surface area contributed by atoms with Crippen molar-refractivity contribution in [3.63, 3.8) is 0 Å². The molecule has 19 heavy (non-hydrogen) atoms. The van der Waals surface area contributed by atoms with Crippen LogP contribution in [0.25, 0.3) is 0 Å². The zero-order valence-corrected chi connectivity index (χ0v) is 11.6. The van der Waals surface area contributed by atoms with Crippen molar-refractivity contribution in [2.75, 3.05) is 0 Å². The van der Waals surface area contributed by atoms with E-state index in [4.69, 9.17) is 17.3 Å². The van der Waals surface area contributed by atoms with Gasteiger partial charge >= 0.3 is 0 Å². The number of hydrogen-bond donors (Lipinski definition) is 1. The molecule has 1 nitrogen and oxygen atoms in total. The van der Waals surface area contributed by atoms with Gasteiger partial charge in [-0.2, -0.15) is 0 Å². The lowest BCUT2D eigenvalue weighted by Gasteiger charge is -2.31. The Morgan fingerprint density at radius 1 is 1.11 bits per heavy atom. The van der Waals surface area contributed by atoms with Crippen LogP contribution in [0.5, 0.6) is 0 Å². The molecule has 2 aromatic carbocycles. The van der Waals surface area contributed by atoms with Gasteiger partial charge < -0.3 is 5.73 Å². The predicted octanol–water partition coefficient (Wildman–Crippen LogP) is 3.94. The van der Waals surface area contributed by atoms with Gasteiger partial charge in [-0.15, -0.1) is 0 Å². The summed E-state index contributed by atoms with van der Waals surface area (Å²) < 4.78 is 0. The fraction of sp³-hybridized carbons (Fsp3) is 0.294. The molecule has 0 amide bonds. The number of aryl methyl sites for hydroxylation is 1. The first kappa shape index (κ1) is 12.7. The number of halogens is 1. The summed E-state index contributed by atoms with van der Waals surface area (Å²) >= 11 is 6.09. The maximum Gasteiger partial charge on any atom is 0.0408 e. The fourth-order valence-electron chi connectivity index (χ4n) is 3.04. The standard InChI is InChI=1S/C17H18ClN/c18-14-7-8-15-13(11-14)6-9-17(19)16(15)10-12-4-2-1-3-5-12/h1-5,7-8,11,16-17H,6,9-10,19H2. The molecule has 1 aliphatic rings. The molecular weight excluding hydrogens is 254 g/mol. The van der Waals surface area contributed by atoms with Crippen LogP contribution in [0.3, 0.4) is 0 Å². The number of fused-ring (bicyclic) bond motifs is 1. The van der Waals surface area contributed by atoms with Crippen molar-refractivity contribution >= 4 is 11.6 Å². The molecule has 0 aromatic heterocycles. The van der Waals surface area contributed by atoms with E-state index in [-0.39, 0.29) is 6.04 Å². The van der Waals surface area contributed by atoms with Gasteiger partial charge in [-0.25, -0.2) is 0 Å². The summed E-state index contributed by atoms with van der Waals surface area (Å²) in [5, 5.41) is 0.827. The molecule has 2 heteroatoms. The first-order chi connectivity index (χ1) is 9.24. The van der Waals surface area contributed by atoms with E-state index in [1.807, 2.05) is 6.07 Å². The Kier molecular flexibility index (Phi) is 3.58. The van der Waals surface area contributed by atoms with E-state index >= 15 is 0 Å². The molecule has 0 saturated heterocycles. The Hall–Kier alpha value is -1.31.